The molecule has 1 aromatic carbocycles. The molecule has 3 rings (SSSR count). The van der Waals surface area contributed by atoms with Gasteiger partial charge in [-0.05, 0) is 37.4 Å². The fourth-order valence-corrected chi connectivity index (χ4v) is 2.99. The summed E-state index contributed by atoms with van der Waals surface area (Å²) in [6.07, 6.45) is 4.52. The SMILES string of the molecule is CN(Cc1c[nH]c2ccccc12)CC1CC(N)C1. The molecule has 3 heteroatoms. The van der Waals surface area contributed by atoms with Crippen LogP contribution in [0.4, 0.5) is 0 Å². The second-order valence-corrected chi connectivity index (χ2v) is 5.65. The van der Waals surface area contributed by atoms with E-state index >= 15 is 0 Å². The first-order valence-electron chi connectivity index (χ1n) is 6.71. The Bertz CT molecular complexity index is 525. The predicted octanol–water partition coefficient (Wildman–Crippen LogP) is 2.34. The molecule has 0 saturated heterocycles. The minimum absolute atomic E-state index is 0.455. The number of benzene rings is 1. The van der Waals surface area contributed by atoms with Gasteiger partial charge in [-0.3, -0.25) is 0 Å². The zero-order chi connectivity index (χ0) is 12.5. The zero-order valence-corrected chi connectivity index (χ0v) is 10.9. The van der Waals surface area contributed by atoms with Crippen LogP contribution in [-0.2, 0) is 6.54 Å². The van der Waals surface area contributed by atoms with Crippen LogP contribution >= 0.6 is 0 Å². The maximum absolute atomic E-state index is 5.83. The number of para-hydroxylation sites is 1. The van der Waals surface area contributed by atoms with Crippen LogP contribution in [0.25, 0.3) is 10.9 Å². The van der Waals surface area contributed by atoms with Gasteiger partial charge >= 0.3 is 0 Å². The Morgan fingerprint density at radius 1 is 1.33 bits per heavy atom. The molecule has 0 radical (unpaired) electrons. The second kappa shape index (κ2) is 4.75. The molecule has 0 atom stereocenters. The Labute approximate surface area is 108 Å². The predicted molar refractivity (Wildman–Crippen MR) is 75.3 cm³/mol. The van der Waals surface area contributed by atoms with Crippen LogP contribution in [0.5, 0.6) is 0 Å². The van der Waals surface area contributed by atoms with E-state index in [0.29, 0.717) is 6.04 Å². The van der Waals surface area contributed by atoms with E-state index in [4.69, 9.17) is 5.73 Å². The lowest BCUT2D eigenvalue weighted by molar-refractivity contribution is 0.178. The average Bonchev–Trinajstić information content (AvgIpc) is 2.71. The second-order valence-electron chi connectivity index (χ2n) is 5.65. The van der Waals surface area contributed by atoms with Gasteiger partial charge in [-0.1, -0.05) is 18.2 Å². The van der Waals surface area contributed by atoms with E-state index < -0.39 is 0 Å². The van der Waals surface area contributed by atoms with Gasteiger partial charge < -0.3 is 15.6 Å². The van der Waals surface area contributed by atoms with Crippen LogP contribution in [0.1, 0.15) is 18.4 Å². The first kappa shape index (κ1) is 11.8. The average molecular weight is 243 g/mol. The monoisotopic (exact) mass is 243 g/mol. The third kappa shape index (κ3) is 2.28. The van der Waals surface area contributed by atoms with Crippen molar-refractivity contribution in [2.75, 3.05) is 13.6 Å². The first-order valence-corrected chi connectivity index (χ1v) is 6.71. The Balaban J connectivity index is 1.65. The summed E-state index contributed by atoms with van der Waals surface area (Å²) >= 11 is 0. The number of hydrogen-bond acceptors (Lipinski definition) is 2. The lowest BCUT2D eigenvalue weighted by Crippen LogP contribution is -2.41. The maximum Gasteiger partial charge on any atom is 0.0457 e. The number of aromatic amines is 1. The van der Waals surface area contributed by atoms with E-state index in [2.05, 4.69) is 47.4 Å². The highest BCUT2D eigenvalue weighted by molar-refractivity contribution is 5.82. The Morgan fingerprint density at radius 2 is 2.11 bits per heavy atom. The van der Waals surface area contributed by atoms with Crippen molar-refractivity contribution >= 4 is 10.9 Å². The van der Waals surface area contributed by atoms with Crippen LogP contribution in [0.3, 0.4) is 0 Å². The maximum atomic E-state index is 5.83. The summed E-state index contributed by atoms with van der Waals surface area (Å²) in [5.74, 6) is 0.801. The van der Waals surface area contributed by atoms with Crippen LogP contribution in [0.15, 0.2) is 30.5 Å². The van der Waals surface area contributed by atoms with Gasteiger partial charge in [-0.25, -0.2) is 0 Å². The van der Waals surface area contributed by atoms with Gasteiger partial charge in [0.2, 0.25) is 0 Å². The minimum atomic E-state index is 0.455. The summed E-state index contributed by atoms with van der Waals surface area (Å²) in [6.45, 7) is 2.17. The third-order valence-electron chi connectivity index (χ3n) is 3.96. The van der Waals surface area contributed by atoms with Gasteiger partial charge in [0.25, 0.3) is 0 Å². The van der Waals surface area contributed by atoms with E-state index in [1.807, 2.05) is 0 Å². The molecular weight excluding hydrogens is 222 g/mol. The topological polar surface area (TPSA) is 45.0 Å². The highest BCUT2D eigenvalue weighted by Crippen LogP contribution is 2.27. The van der Waals surface area contributed by atoms with Gasteiger partial charge in [0.1, 0.15) is 0 Å². The summed E-state index contributed by atoms with van der Waals surface area (Å²) in [5, 5.41) is 1.34. The van der Waals surface area contributed by atoms with Gasteiger partial charge in [0.15, 0.2) is 0 Å². The van der Waals surface area contributed by atoms with Crippen molar-refractivity contribution in [3.63, 3.8) is 0 Å². The molecule has 0 amide bonds. The zero-order valence-electron chi connectivity index (χ0n) is 10.9. The molecule has 1 fully saturated rings. The summed E-state index contributed by atoms with van der Waals surface area (Å²) < 4.78 is 0. The van der Waals surface area contributed by atoms with E-state index in [9.17, 15) is 0 Å². The van der Waals surface area contributed by atoms with Crippen LogP contribution in [-0.4, -0.2) is 29.5 Å². The van der Waals surface area contributed by atoms with Crippen molar-refractivity contribution in [1.29, 1.82) is 0 Å². The standard InChI is InChI=1S/C15H21N3/c1-18(9-11-6-13(16)7-11)10-12-8-17-15-5-3-2-4-14(12)15/h2-5,8,11,13,17H,6-7,9-10,16H2,1H3. The van der Waals surface area contributed by atoms with Crippen LogP contribution in [0.2, 0.25) is 0 Å². The summed E-state index contributed by atoms with van der Waals surface area (Å²) in [4.78, 5) is 5.74. The summed E-state index contributed by atoms with van der Waals surface area (Å²) in [5.41, 5.74) is 8.45. The molecule has 3 nitrogen and oxygen atoms in total. The molecule has 96 valence electrons. The van der Waals surface area contributed by atoms with Gasteiger partial charge in [-0.2, -0.15) is 0 Å². The summed E-state index contributed by atoms with van der Waals surface area (Å²) in [7, 11) is 2.20. The Morgan fingerprint density at radius 3 is 2.89 bits per heavy atom. The highest BCUT2D eigenvalue weighted by atomic mass is 15.1. The van der Waals surface area contributed by atoms with E-state index in [1.54, 1.807) is 0 Å². The molecule has 1 aromatic heterocycles. The Hall–Kier alpha value is -1.32. The lowest BCUT2D eigenvalue weighted by Gasteiger charge is -2.35. The molecule has 1 aliphatic rings. The molecule has 0 spiro atoms. The van der Waals surface area contributed by atoms with Crippen LogP contribution < -0.4 is 5.73 Å². The highest BCUT2D eigenvalue weighted by Gasteiger charge is 2.26. The van der Waals surface area contributed by atoms with E-state index in [1.165, 1.54) is 29.3 Å². The number of aromatic nitrogens is 1. The van der Waals surface area contributed by atoms with Crippen LogP contribution in [0, 0.1) is 5.92 Å². The van der Waals surface area contributed by atoms with Crippen molar-refractivity contribution in [1.82, 2.24) is 9.88 Å². The third-order valence-corrected chi connectivity index (χ3v) is 3.96. The quantitative estimate of drug-likeness (QED) is 0.865. The molecule has 2 aromatic rings. The fraction of sp³-hybridized carbons (Fsp3) is 0.467. The van der Waals surface area contributed by atoms with Crippen molar-refractivity contribution in [3.05, 3.63) is 36.0 Å². The molecule has 3 N–H and O–H groups in total. The molecule has 0 bridgehead atoms. The number of hydrogen-bond donors (Lipinski definition) is 2. The number of nitrogens with one attached hydrogen (secondary N) is 1. The molecule has 0 aliphatic heterocycles. The first-order chi connectivity index (χ1) is 8.72. The van der Waals surface area contributed by atoms with Gasteiger partial charge in [-0.15, -0.1) is 0 Å². The Kier molecular flexibility index (Phi) is 3.10. The van der Waals surface area contributed by atoms with Crippen molar-refractivity contribution in [3.8, 4) is 0 Å². The molecule has 1 heterocycles. The normalized spacial score (nSPS) is 23.5. The van der Waals surface area contributed by atoms with Crippen molar-refractivity contribution < 1.29 is 0 Å². The molecule has 0 unspecified atom stereocenters. The number of nitrogens with zero attached hydrogens (tertiary/aromatic N) is 1. The minimum Gasteiger partial charge on any atom is -0.361 e. The molecule has 18 heavy (non-hydrogen) atoms. The molecule has 1 aliphatic carbocycles. The van der Waals surface area contributed by atoms with E-state index in [0.717, 1.165) is 19.0 Å². The van der Waals surface area contributed by atoms with Crippen molar-refractivity contribution in [2.45, 2.75) is 25.4 Å². The number of nitrogens with two attached hydrogens (primary N) is 1. The number of fused-ring (bicyclic) bond motifs is 1. The van der Waals surface area contributed by atoms with E-state index in [-0.39, 0.29) is 0 Å². The van der Waals surface area contributed by atoms with Crippen molar-refractivity contribution in [2.24, 2.45) is 11.7 Å². The van der Waals surface area contributed by atoms with Gasteiger partial charge in [0, 0.05) is 36.2 Å². The lowest BCUT2D eigenvalue weighted by atomic mass is 9.80. The molecule has 1 saturated carbocycles. The smallest absolute Gasteiger partial charge is 0.0457 e. The largest absolute Gasteiger partial charge is 0.361 e. The fourth-order valence-electron chi connectivity index (χ4n) is 2.99. The molecular formula is C15H21N3. The van der Waals surface area contributed by atoms with Gasteiger partial charge in [0.05, 0.1) is 0 Å². The summed E-state index contributed by atoms with van der Waals surface area (Å²) in [6, 6.07) is 8.95. The number of rotatable bonds is 4. The number of H-pyrrole nitrogens is 1.